The molecule has 1 aliphatic rings. The number of aryl methyl sites for hydroxylation is 3. The zero-order chi connectivity index (χ0) is 18.3. The number of carbonyl (C=O) groups excluding carboxylic acids is 1. The van der Waals surface area contributed by atoms with E-state index in [-0.39, 0.29) is 11.8 Å². The van der Waals surface area contributed by atoms with Gasteiger partial charge in [-0.25, -0.2) is 4.98 Å². The third kappa shape index (κ3) is 2.79. The molecule has 1 unspecified atom stereocenters. The molecule has 6 nitrogen and oxygen atoms in total. The van der Waals surface area contributed by atoms with Crippen molar-refractivity contribution >= 4 is 16.9 Å². The monoisotopic (exact) mass is 351 g/mol. The first kappa shape index (κ1) is 16.8. The molecule has 1 fully saturated rings. The Morgan fingerprint density at radius 1 is 1.27 bits per heavy atom. The van der Waals surface area contributed by atoms with E-state index in [1.807, 2.05) is 36.2 Å². The van der Waals surface area contributed by atoms with Crippen molar-refractivity contribution in [2.75, 3.05) is 13.1 Å². The molecular weight excluding hydrogens is 326 g/mol. The van der Waals surface area contributed by atoms with E-state index >= 15 is 0 Å². The van der Waals surface area contributed by atoms with Gasteiger partial charge in [0.25, 0.3) is 5.91 Å². The lowest BCUT2D eigenvalue weighted by Crippen LogP contribution is -2.40. The minimum Gasteiger partial charge on any atom is -0.337 e. The predicted octanol–water partition coefficient (Wildman–Crippen LogP) is 2.89. The fraction of sp³-hybridized carbons (Fsp3) is 0.450. The second kappa shape index (κ2) is 6.59. The molecule has 1 aliphatic heterocycles. The minimum atomic E-state index is 0.0724. The van der Waals surface area contributed by atoms with Crippen LogP contribution in [0, 0.1) is 0 Å². The van der Waals surface area contributed by atoms with Crippen molar-refractivity contribution in [3.8, 4) is 0 Å². The van der Waals surface area contributed by atoms with Gasteiger partial charge >= 0.3 is 0 Å². The Hall–Kier alpha value is -2.63. The van der Waals surface area contributed by atoms with Crippen LogP contribution in [-0.4, -0.2) is 43.2 Å². The standard InChI is InChI=1S/C20H25N5O/c1-4-15-12-18(24(3)22-15)20(26)25-11-7-8-14(13-25)19-21-16-9-5-6-10-17(16)23(19)2/h5-6,9-10,12,14H,4,7-8,11,13H2,1-3H3. The van der Waals surface area contributed by atoms with Crippen molar-refractivity contribution in [3.63, 3.8) is 0 Å². The van der Waals surface area contributed by atoms with E-state index in [0.29, 0.717) is 12.2 Å². The highest BCUT2D eigenvalue weighted by molar-refractivity contribution is 5.92. The summed E-state index contributed by atoms with van der Waals surface area (Å²) in [6.07, 6.45) is 2.90. The summed E-state index contributed by atoms with van der Waals surface area (Å²) < 4.78 is 3.88. The van der Waals surface area contributed by atoms with Gasteiger partial charge in [0.15, 0.2) is 0 Å². The van der Waals surface area contributed by atoms with Crippen molar-refractivity contribution in [2.24, 2.45) is 14.1 Å². The number of carbonyl (C=O) groups is 1. The van der Waals surface area contributed by atoms with Gasteiger partial charge in [0.05, 0.1) is 16.7 Å². The van der Waals surface area contributed by atoms with Crippen LogP contribution in [0.2, 0.25) is 0 Å². The molecule has 136 valence electrons. The maximum atomic E-state index is 13.0. The van der Waals surface area contributed by atoms with Crippen LogP contribution in [0.3, 0.4) is 0 Å². The number of nitrogens with zero attached hydrogens (tertiary/aromatic N) is 5. The average Bonchev–Trinajstić information content (AvgIpc) is 3.21. The highest BCUT2D eigenvalue weighted by Gasteiger charge is 2.29. The molecule has 0 aliphatic carbocycles. The van der Waals surface area contributed by atoms with Gasteiger partial charge in [-0.15, -0.1) is 0 Å². The fourth-order valence-corrected chi connectivity index (χ4v) is 3.96. The molecule has 0 bridgehead atoms. The molecule has 0 spiro atoms. The Morgan fingerprint density at radius 2 is 2.08 bits per heavy atom. The number of imidazole rings is 1. The number of amides is 1. The van der Waals surface area contributed by atoms with Gasteiger partial charge < -0.3 is 9.47 Å². The molecule has 0 saturated carbocycles. The van der Waals surface area contributed by atoms with E-state index in [2.05, 4.69) is 29.7 Å². The van der Waals surface area contributed by atoms with E-state index in [9.17, 15) is 4.79 Å². The number of fused-ring (bicyclic) bond motifs is 1. The number of hydrogen-bond acceptors (Lipinski definition) is 3. The summed E-state index contributed by atoms with van der Waals surface area (Å²) >= 11 is 0. The Bertz CT molecular complexity index is 954. The van der Waals surface area contributed by atoms with Crippen LogP contribution in [0.1, 0.15) is 47.7 Å². The quantitative estimate of drug-likeness (QED) is 0.729. The lowest BCUT2D eigenvalue weighted by Gasteiger charge is -2.32. The second-order valence-electron chi connectivity index (χ2n) is 7.11. The highest BCUT2D eigenvalue weighted by Crippen LogP contribution is 2.29. The number of hydrogen-bond donors (Lipinski definition) is 0. The van der Waals surface area contributed by atoms with Gasteiger partial charge in [-0.1, -0.05) is 19.1 Å². The topological polar surface area (TPSA) is 56.0 Å². The van der Waals surface area contributed by atoms with Crippen molar-refractivity contribution in [2.45, 2.75) is 32.1 Å². The zero-order valence-electron chi connectivity index (χ0n) is 15.6. The lowest BCUT2D eigenvalue weighted by molar-refractivity contribution is 0.0692. The third-order valence-corrected chi connectivity index (χ3v) is 5.41. The number of aromatic nitrogens is 4. The van der Waals surface area contributed by atoms with E-state index in [1.54, 1.807) is 4.68 Å². The van der Waals surface area contributed by atoms with E-state index in [4.69, 9.17) is 4.98 Å². The summed E-state index contributed by atoms with van der Waals surface area (Å²) in [6, 6.07) is 10.1. The summed E-state index contributed by atoms with van der Waals surface area (Å²) in [5, 5.41) is 4.42. The Labute approximate surface area is 153 Å². The summed E-state index contributed by atoms with van der Waals surface area (Å²) in [6.45, 7) is 3.56. The van der Waals surface area contributed by atoms with Crippen molar-refractivity contribution < 1.29 is 4.79 Å². The van der Waals surface area contributed by atoms with E-state index in [0.717, 1.165) is 48.4 Å². The second-order valence-corrected chi connectivity index (χ2v) is 7.11. The first-order valence-corrected chi connectivity index (χ1v) is 9.32. The molecule has 1 atom stereocenters. The first-order valence-electron chi connectivity index (χ1n) is 9.32. The number of piperidine rings is 1. The van der Waals surface area contributed by atoms with Crippen LogP contribution < -0.4 is 0 Å². The zero-order valence-corrected chi connectivity index (χ0v) is 15.6. The maximum Gasteiger partial charge on any atom is 0.272 e. The van der Waals surface area contributed by atoms with Crippen molar-refractivity contribution in [1.29, 1.82) is 0 Å². The molecule has 1 amide bonds. The maximum absolute atomic E-state index is 13.0. The predicted molar refractivity (Wildman–Crippen MR) is 101 cm³/mol. The largest absolute Gasteiger partial charge is 0.337 e. The van der Waals surface area contributed by atoms with Gasteiger partial charge in [0.1, 0.15) is 11.5 Å². The van der Waals surface area contributed by atoms with Crippen LogP contribution in [-0.2, 0) is 20.5 Å². The molecule has 26 heavy (non-hydrogen) atoms. The van der Waals surface area contributed by atoms with Crippen molar-refractivity contribution in [3.05, 3.63) is 47.5 Å². The van der Waals surface area contributed by atoms with E-state index < -0.39 is 0 Å². The molecule has 2 aromatic heterocycles. The molecule has 1 saturated heterocycles. The SMILES string of the molecule is CCc1cc(C(=O)N2CCCC(c3nc4ccccc4n3C)C2)n(C)n1. The lowest BCUT2D eigenvalue weighted by atomic mass is 9.97. The third-order valence-electron chi connectivity index (χ3n) is 5.41. The molecule has 0 N–H and O–H groups in total. The first-order chi connectivity index (χ1) is 12.6. The Kier molecular flexibility index (Phi) is 4.26. The van der Waals surface area contributed by atoms with Gasteiger partial charge in [-0.3, -0.25) is 9.48 Å². The molecule has 4 rings (SSSR count). The van der Waals surface area contributed by atoms with Crippen LogP contribution in [0.4, 0.5) is 0 Å². The van der Waals surface area contributed by atoms with Crippen LogP contribution in [0.5, 0.6) is 0 Å². The van der Waals surface area contributed by atoms with Crippen molar-refractivity contribution in [1.82, 2.24) is 24.2 Å². The fourth-order valence-electron chi connectivity index (χ4n) is 3.96. The van der Waals surface area contributed by atoms with Crippen LogP contribution in [0.15, 0.2) is 30.3 Å². The van der Waals surface area contributed by atoms with Gasteiger partial charge in [0, 0.05) is 33.1 Å². The molecule has 6 heteroatoms. The molecule has 3 aromatic rings. The number of para-hydroxylation sites is 2. The number of benzene rings is 1. The van der Waals surface area contributed by atoms with Gasteiger partial charge in [0.2, 0.25) is 0 Å². The molecule has 0 radical (unpaired) electrons. The molecule has 1 aromatic carbocycles. The molecular formula is C20H25N5O. The summed E-state index contributed by atoms with van der Waals surface area (Å²) in [7, 11) is 3.92. The summed E-state index contributed by atoms with van der Waals surface area (Å²) in [5.74, 6) is 1.41. The van der Waals surface area contributed by atoms with Crippen LogP contribution >= 0.6 is 0 Å². The smallest absolute Gasteiger partial charge is 0.272 e. The van der Waals surface area contributed by atoms with E-state index in [1.165, 1.54) is 0 Å². The Morgan fingerprint density at radius 3 is 2.81 bits per heavy atom. The normalized spacial score (nSPS) is 17.8. The molecule has 3 heterocycles. The number of rotatable bonds is 3. The highest BCUT2D eigenvalue weighted by atomic mass is 16.2. The van der Waals surface area contributed by atoms with Gasteiger partial charge in [-0.05, 0) is 37.5 Å². The average molecular weight is 351 g/mol. The van der Waals surface area contributed by atoms with Gasteiger partial charge in [-0.2, -0.15) is 5.10 Å². The summed E-state index contributed by atoms with van der Waals surface area (Å²) in [5.41, 5.74) is 3.80. The Balaban J connectivity index is 1.59. The summed E-state index contributed by atoms with van der Waals surface area (Å²) in [4.78, 5) is 19.8. The van der Waals surface area contributed by atoms with Crippen LogP contribution in [0.25, 0.3) is 11.0 Å². The minimum absolute atomic E-state index is 0.0724. The number of likely N-dealkylation sites (tertiary alicyclic amines) is 1.